The Balaban J connectivity index is 3.30. The second-order valence-electron chi connectivity index (χ2n) is 1.85. The molecule has 0 aromatic carbocycles. The molecule has 0 aliphatic rings. The zero-order valence-corrected chi connectivity index (χ0v) is 7.82. The third-order valence-corrected chi connectivity index (χ3v) is 3.21. The molecule has 0 radical (unpaired) electrons. The first-order chi connectivity index (χ1) is 4.85. The van der Waals surface area contributed by atoms with Crippen molar-refractivity contribution in [3.05, 3.63) is 0 Å². The molecule has 0 aliphatic heterocycles. The lowest BCUT2D eigenvalue weighted by molar-refractivity contribution is 0.202. The highest BCUT2D eigenvalue weighted by Gasteiger charge is 2.09. The van der Waals surface area contributed by atoms with E-state index in [4.69, 9.17) is 14.0 Å². The molecule has 0 unspecified atom stereocenters. The molecule has 0 bridgehead atoms. The van der Waals surface area contributed by atoms with Crippen LogP contribution in [0, 0.1) is 0 Å². The Kier molecular flexibility index (Phi) is 7.28. The van der Waals surface area contributed by atoms with Crippen molar-refractivity contribution in [1.29, 1.82) is 0 Å². The van der Waals surface area contributed by atoms with E-state index in [1.54, 1.807) is 0 Å². The highest BCUT2D eigenvalue weighted by molar-refractivity contribution is 6.44. The third kappa shape index (κ3) is 4.93. The fourth-order valence-electron chi connectivity index (χ4n) is 0.692. The van der Waals surface area contributed by atoms with Crippen LogP contribution < -0.4 is 0 Å². The number of rotatable bonds is 6. The van der Waals surface area contributed by atoms with E-state index in [1.807, 2.05) is 13.8 Å². The van der Waals surface area contributed by atoms with E-state index in [0.717, 1.165) is 0 Å². The SMILES string of the molecule is CCO[SiH](CCO)OCC. The predicted octanol–water partition coefficient (Wildman–Crippen LogP) is 0.272. The van der Waals surface area contributed by atoms with Crippen LogP contribution in [0.15, 0.2) is 0 Å². The van der Waals surface area contributed by atoms with Crippen LogP contribution in [0.25, 0.3) is 0 Å². The Morgan fingerprint density at radius 3 is 2.00 bits per heavy atom. The van der Waals surface area contributed by atoms with Crippen molar-refractivity contribution in [2.75, 3.05) is 19.8 Å². The van der Waals surface area contributed by atoms with Crippen LogP contribution in [0.5, 0.6) is 0 Å². The zero-order chi connectivity index (χ0) is 7.82. The fourth-order valence-corrected chi connectivity index (χ4v) is 2.08. The van der Waals surface area contributed by atoms with Crippen LogP contribution in [0.1, 0.15) is 13.8 Å². The van der Waals surface area contributed by atoms with Crippen LogP contribution in [0.2, 0.25) is 6.04 Å². The Morgan fingerprint density at radius 1 is 1.20 bits per heavy atom. The van der Waals surface area contributed by atoms with Crippen LogP contribution in [0.4, 0.5) is 0 Å². The van der Waals surface area contributed by atoms with Gasteiger partial charge < -0.3 is 14.0 Å². The van der Waals surface area contributed by atoms with Crippen LogP contribution in [-0.2, 0) is 8.85 Å². The van der Waals surface area contributed by atoms with Gasteiger partial charge in [-0.05, 0) is 13.8 Å². The summed E-state index contributed by atoms with van der Waals surface area (Å²) >= 11 is 0. The van der Waals surface area contributed by atoms with E-state index < -0.39 is 9.28 Å². The van der Waals surface area contributed by atoms with E-state index in [-0.39, 0.29) is 6.61 Å². The minimum Gasteiger partial charge on any atom is -0.397 e. The normalized spacial score (nSPS) is 10.8. The molecular weight excluding hydrogens is 148 g/mol. The Labute approximate surface area is 63.8 Å². The van der Waals surface area contributed by atoms with E-state index >= 15 is 0 Å². The maximum absolute atomic E-state index is 8.56. The third-order valence-electron chi connectivity index (χ3n) is 1.07. The summed E-state index contributed by atoms with van der Waals surface area (Å²) in [7, 11) is -1.48. The van der Waals surface area contributed by atoms with Gasteiger partial charge >= 0.3 is 9.28 Å². The summed E-state index contributed by atoms with van der Waals surface area (Å²) in [6.45, 7) is 5.44. The van der Waals surface area contributed by atoms with Crippen LogP contribution in [0.3, 0.4) is 0 Å². The van der Waals surface area contributed by atoms with Crippen molar-refractivity contribution in [3.8, 4) is 0 Å². The van der Waals surface area contributed by atoms with Gasteiger partial charge in [-0.3, -0.25) is 0 Å². The minimum absolute atomic E-state index is 0.177. The van der Waals surface area contributed by atoms with Gasteiger partial charge in [0.05, 0.1) is 0 Å². The molecule has 3 nitrogen and oxygen atoms in total. The average Bonchev–Trinajstić information content (AvgIpc) is 1.90. The van der Waals surface area contributed by atoms with E-state index in [0.29, 0.717) is 19.3 Å². The Hall–Kier alpha value is 0.0969. The lowest BCUT2D eigenvalue weighted by atomic mass is 10.9. The standard InChI is InChI=1S/C6H16O3Si/c1-3-8-10(6-5-7)9-4-2/h7,10H,3-6H2,1-2H3. The maximum Gasteiger partial charge on any atom is 0.323 e. The molecule has 0 saturated heterocycles. The van der Waals surface area contributed by atoms with Crippen molar-refractivity contribution >= 4 is 9.28 Å². The van der Waals surface area contributed by atoms with Gasteiger partial charge in [-0.25, -0.2) is 0 Å². The molecule has 0 aliphatic carbocycles. The molecule has 4 heteroatoms. The molecule has 0 heterocycles. The molecule has 0 aromatic rings. The van der Waals surface area contributed by atoms with Gasteiger partial charge in [-0.15, -0.1) is 0 Å². The van der Waals surface area contributed by atoms with Crippen molar-refractivity contribution in [3.63, 3.8) is 0 Å². The fraction of sp³-hybridized carbons (Fsp3) is 1.00. The molecule has 10 heavy (non-hydrogen) atoms. The first-order valence-corrected chi connectivity index (χ1v) is 5.45. The van der Waals surface area contributed by atoms with Crippen molar-refractivity contribution in [2.45, 2.75) is 19.9 Å². The van der Waals surface area contributed by atoms with E-state index in [2.05, 4.69) is 0 Å². The second kappa shape index (κ2) is 7.21. The quantitative estimate of drug-likeness (QED) is 0.573. The van der Waals surface area contributed by atoms with Gasteiger partial charge in [0, 0.05) is 25.9 Å². The molecular formula is C6H16O3Si. The average molecular weight is 164 g/mol. The summed E-state index contributed by atoms with van der Waals surface area (Å²) in [4.78, 5) is 0. The summed E-state index contributed by atoms with van der Waals surface area (Å²) in [5.74, 6) is 0. The highest BCUT2D eigenvalue weighted by atomic mass is 28.3. The predicted molar refractivity (Wildman–Crippen MR) is 42.3 cm³/mol. The van der Waals surface area contributed by atoms with Gasteiger partial charge in [0.25, 0.3) is 0 Å². The molecule has 0 saturated carbocycles. The van der Waals surface area contributed by atoms with Crippen molar-refractivity contribution < 1.29 is 14.0 Å². The van der Waals surface area contributed by atoms with E-state index in [1.165, 1.54) is 0 Å². The summed E-state index contributed by atoms with van der Waals surface area (Å²) in [6, 6.07) is 0.696. The molecule has 0 fully saturated rings. The van der Waals surface area contributed by atoms with Gasteiger partial charge in [0.15, 0.2) is 0 Å². The Bertz CT molecular complexity index is 55.7. The Morgan fingerprint density at radius 2 is 1.70 bits per heavy atom. The molecule has 0 aromatic heterocycles. The van der Waals surface area contributed by atoms with Crippen LogP contribution in [-0.4, -0.2) is 34.2 Å². The van der Waals surface area contributed by atoms with Crippen LogP contribution >= 0.6 is 0 Å². The molecule has 0 spiro atoms. The first kappa shape index (κ1) is 10.1. The van der Waals surface area contributed by atoms with Gasteiger partial charge in [0.1, 0.15) is 0 Å². The van der Waals surface area contributed by atoms with Gasteiger partial charge in [-0.1, -0.05) is 0 Å². The van der Waals surface area contributed by atoms with E-state index in [9.17, 15) is 0 Å². The monoisotopic (exact) mass is 164 g/mol. The number of aliphatic hydroxyl groups excluding tert-OH is 1. The maximum atomic E-state index is 8.56. The largest absolute Gasteiger partial charge is 0.397 e. The van der Waals surface area contributed by atoms with Gasteiger partial charge in [0.2, 0.25) is 0 Å². The lowest BCUT2D eigenvalue weighted by Crippen LogP contribution is -2.23. The molecule has 62 valence electrons. The molecule has 0 rings (SSSR count). The minimum atomic E-state index is -1.48. The molecule has 0 atom stereocenters. The smallest absolute Gasteiger partial charge is 0.323 e. The summed E-state index contributed by atoms with van der Waals surface area (Å²) in [6.07, 6.45) is 0. The van der Waals surface area contributed by atoms with Gasteiger partial charge in [-0.2, -0.15) is 0 Å². The highest BCUT2D eigenvalue weighted by Crippen LogP contribution is 1.95. The number of hydrogen-bond donors (Lipinski definition) is 1. The number of aliphatic hydroxyl groups is 1. The van der Waals surface area contributed by atoms with Crippen molar-refractivity contribution in [2.24, 2.45) is 0 Å². The second-order valence-corrected chi connectivity index (χ2v) is 3.96. The summed E-state index contributed by atoms with van der Waals surface area (Å²) in [5, 5.41) is 8.56. The topological polar surface area (TPSA) is 38.7 Å². The summed E-state index contributed by atoms with van der Waals surface area (Å²) in [5.41, 5.74) is 0. The lowest BCUT2D eigenvalue weighted by Gasteiger charge is -2.12. The molecule has 1 N–H and O–H groups in total. The molecule has 0 amide bonds. The van der Waals surface area contributed by atoms with Crippen molar-refractivity contribution in [1.82, 2.24) is 0 Å². The zero-order valence-electron chi connectivity index (χ0n) is 6.67. The first-order valence-electron chi connectivity index (χ1n) is 3.69. The number of hydrogen-bond acceptors (Lipinski definition) is 3. The summed E-state index contributed by atoms with van der Waals surface area (Å²) < 4.78 is 10.6.